The number of methoxy groups -OCH3 is 1. The van der Waals surface area contributed by atoms with Crippen molar-refractivity contribution in [3.05, 3.63) is 48.0 Å². The van der Waals surface area contributed by atoms with Crippen LogP contribution in [0.1, 0.15) is 16.2 Å². The summed E-state index contributed by atoms with van der Waals surface area (Å²) in [4.78, 5) is 19.1. The van der Waals surface area contributed by atoms with E-state index in [4.69, 9.17) is 14.6 Å². The third-order valence-corrected chi connectivity index (χ3v) is 2.40. The molecule has 1 heterocycles. The van der Waals surface area contributed by atoms with Crippen molar-refractivity contribution < 1.29 is 19.4 Å². The molecule has 0 saturated heterocycles. The summed E-state index contributed by atoms with van der Waals surface area (Å²) in [6, 6.07) is 6.21. The molecule has 19 heavy (non-hydrogen) atoms. The number of carboxylic acid groups (broad SMARTS) is 1. The highest BCUT2D eigenvalue weighted by molar-refractivity contribution is 5.91. The van der Waals surface area contributed by atoms with Crippen LogP contribution in [0.25, 0.3) is 0 Å². The van der Waals surface area contributed by atoms with Crippen LogP contribution in [0.2, 0.25) is 0 Å². The van der Waals surface area contributed by atoms with Crippen molar-refractivity contribution in [1.82, 2.24) is 9.97 Å². The van der Waals surface area contributed by atoms with Crippen molar-refractivity contribution in [3.8, 4) is 11.5 Å². The topological polar surface area (TPSA) is 81.5 Å². The molecule has 0 spiro atoms. The van der Waals surface area contributed by atoms with Gasteiger partial charge in [-0.3, -0.25) is 0 Å². The van der Waals surface area contributed by atoms with E-state index in [1.807, 2.05) is 0 Å². The Morgan fingerprint density at radius 2 is 2.05 bits per heavy atom. The van der Waals surface area contributed by atoms with Crippen LogP contribution in [-0.2, 0) is 6.61 Å². The number of ether oxygens (including phenoxy) is 2. The molecule has 0 unspecified atom stereocenters. The second kappa shape index (κ2) is 5.81. The maximum Gasteiger partial charge on any atom is 0.339 e. The summed E-state index contributed by atoms with van der Waals surface area (Å²) < 4.78 is 10.5. The largest absolute Gasteiger partial charge is 0.497 e. The molecule has 0 aliphatic carbocycles. The van der Waals surface area contributed by atoms with Gasteiger partial charge in [0.1, 0.15) is 23.7 Å². The number of rotatable bonds is 5. The molecule has 0 atom stereocenters. The van der Waals surface area contributed by atoms with E-state index in [0.29, 0.717) is 11.6 Å². The Labute approximate surface area is 109 Å². The number of carbonyl (C=O) groups is 1. The van der Waals surface area contributed by atoms with Crippen LogP contribution in [-0.4, -0.2) is 28.2 Å². The third-order valence-electron chi connectivity index (χ3n) is 2.40. The molecule has 0 aliphatic rings. The van der Waals surface area contributed by atoms with Crippen LogP contribution >= 0.6 is 0 Å². The van der Waals surface area contributed by atoms with E-state index in [1.54, 1.807) is 24.5 Å². The van der Waals surface area contributed by atoms with Crippen molar-refractivity contribution in [2.45, 2.75) is 6.61 Å². The lowest BCUT2D eigenvalue weighted by Gasteiger charge is -2.09. The first-order valence-corrected chi connectivity index (χ1v) is 5.50. The van der Waals surface area contributed by atoms with Gasteiger partial charge in [0.15, 0.2) is 5.82 Å². The second-order valence-corrected chi connectivity index (χ2v) is 3.62. The summed E-state index contributed by atoms with van der Waals surface area (Å²) in [5.74, 6) is 0.154. The molecule has 2 rings (SSSR count). The van der Waals surface area contributed by atoms with Crippen LogP contribution in [0.3, 0.4) is 0 Å². The number of aromatic nitrogens is 2. The van der Waals surface area contributed by atoms with Gasteiger partial charge in [0.05, 0.1) is 7.11 Å². The second-order valence-electron chi connectivity index (χ2n) is 3.62. The van der Waals surface area contributed by atoms with Gasteiger partial charge in [0.25, 0.3) is 0 Å². The fourth-order valence-electron chi connectivity index (χ4n) is 1.47. The van der Waals surface area contributed by atoms with Gasteiger partial charge in [0, 0.05) is 18.5 Å². The molecular formula is C13H12N2O4. The summed E-state index contributed by atoms with van der Waals surface area (Å²) in [6.45, 7) is 0.0916. The quantitative estimate of drug-likeness (QED) is 0.882. The van der Waals surface area contributed by atoms with Gasteiger partial charge in [-0.05, 0) is 18.2 Å². The number of hydrogen-bond acceptors (Lipinski definition) is 5. The lowest BCUT2D eigenvalue weighted by Crippen LogP contribution is -2.05. The number of carboxylic acids is 1. The van der Waals surface area contributed by atoms with E-state index in [2.05, 4.69) is 9.97 Å². The highest BCUT2D eigenvalue weighted by Crippen LogP contribution is 2.25. The van der Waals surface area contributed by atoms with E-state index in [0.717, 1.165) is 0 Å². The molecule has 0 saturated carbocycles. The first kappa shape index (κ1) is 12.8. The molecule has 0 radical (unpaired) electrons. The van der Waals surface area contributed by atoms with Crippen LogP contribution in [0, 0.1) is 0 Å². The Morgan fingerprint density at radius 1 is 1.32 bits per heavy atom. The Kier molecular flexibility index (Phi) is 3.92. The number of benzene rings is 1. The van der Waals surface area contributed by atoms with Gasteiger partial charge < -0.3 is 14.6 Å². The first-order valence-electron chi connectivity index (χ1n) is 5.50. The zero-order valence-corrected chi connectivity index (χ0v) is 10.2. The minimum Gasteiger partial charge on any atom is -0.497 e. The number of hydrogen-bond donors (Lipinski definition) is 1. The molecular weight excluding hydrogens is 248 g/mol. The molecule has 0 amide bonds. The fraction of sp³-hybridized carbons (Fsp3) is 0.154. The lowest BCUT2D eigenvalue weighted by atomic mass is 10.2. The van der Waals surface area contributed by atoms with E-state index in [9.17, 15) is 4.79 Å². The van der Waals surface area contributed by atoms with Crippen LogP contribution in [0.15, 0.2) is 36.7 Å². The number of aromatic carboxylic acids is 1. The normalized spacial score (nSPS) is 9.95. The maximum absolute atomic E-state index is 11.1. The van der Waals surface area contributed by atoms with Gasteiger partial charge in [-0.1, -0.05) is 0 Å². The minimum absolute atomic E-state index is 0.0664. The van der Waals surface area contributed by atoms with Crippen molar-refractivity contribution in [3.63, 3.8) is 0 Å². The summed E-state index contributed by atoms with van der Waals surface area (Å²) in [5.41, 5.74) is 0.0664. The summed E-state index contributed by atoms with van der Waals surface area (Å²) in [6.07, 6.45) is 3.19. The Balaban J connectivity index is 2.20. The summed E-state index contributed by atoms with van der Waals surface area (Å²) in [5, 5.41) is 9.07. The molecule has 1 aromatic carbocycles. The molecule has 1 aromatic heterocycles. The highest BCUT2D eigenvalue weighted by Gasteiger charge is 2.13. The average Bonchev–Trinajstić information content (AvgIpc) is 2.45. The molecule has 6 heteroatoms. The van der Waals surface area contributed by atoms with Crippen LogP contribution in [0.5, 0.6) is 11.5 Å². The molecule has 6 nitrogen and oxygen atoms in total. The Bertz CT molecular complexity index is 572. The van der Waals surface area contributed by atoms with Gasteiger partial charge in [-0.15, -0.1) is 0 Å². The zero-order chi connectivity index (χ0) is 13.7. The maximum atomic E-state index is 11.1. The molecule has 1 N–H and O–H groups in total. The van der Waals surface area contributed by atoms with Gasteiger partial charge >= 0.3 is 5.97 Å². The van der Waals surface area contributed by atoms with Crippen LogP contribution in [0.4, 0.5) is 0 Å². The molecule has 0 aliphatic heterocycles. The SMILES string of the molecule is COc1ccc(C(=O)O)c(OCc2ncccn2)c1. The summed E-state index contributed by atoms with van der Waals surface area (Å²) in [7, 11) is 1.50. The molecule has 2 aromatic rings. The number of nitrogens with zero attached hydrogens (tertiary/aromatic N) is 2. The van der Waals surface area contributed by atoms with E-state index in [1.165, 1.54) is 19.2 Å². The van der Waals surface area contributed by atoms with Crippen molar-refractivity contribution in [2.24, 2.45) is 0 Å². The van der Waals surface area contributed by atoms with Gasteiger partial charge in [-0.2, -0.15) is 0 Å². The smallest absolute Gasteiger partial charge is 0.339 e. The zero-order valence-electron chi connectivity index (χ0n) is 10.2. The predicted octanol–water partition coefficient (Wildman–Crippen LogP) is 1.76. The van der Waals surface area contributed by atoms with E-state index >= 15 is 0 Å². The van der Waals surface area contributed by atoms with E-state index in [-0.39, 0.29) is 17.9 Å². The minimum atomic E-state index is -1.06. The Morgan fingerprint density at radius 3 is 2.68 bits per heavy atom. The van der Waals surface area contributed by atoms with Gasteiger partial charge in [0.2, 0.25) is 0 Å². The predicted molar refractivity (Wildman–Crippen MR) is 66.3 cm³/mol. The first-order chi connectivity index (χ1) is 9.20. The fourth-order valence-corrected chi connectivity index (χ4v) is 1.47. The molecule has 0 fully saturated rings. The standard InChI is InChI=1S/C13H12N2O4/c1-18-9-3-4-10(13(16)17)11(7-9)19-8-12-14-5-2-6-15-12/h2-7H,8H2,1H3,(H,16,17). The molecule has 0 bridgehead atoms. The highest BCUT2D eigenvalue weighted by atomic mass is 16.5. The average molecular weight is 260 g/mol. The monoisotopic (exact) mass is 260 g/mol. The van der Waals surface area contributed by atoms with Crippen molar-refractivity contribution >= 4 is 5.97 Å². The van der Waals surface area contributed by atoms with Gasteiger partial charge in [-0.25, -0.2) is 14.8 Å². The van der Waals surface area contributed by atoms with E-state index < -0.39 is 5.97 Å². The summed E-state index contributed by atoms with van der Waals surface area (Å²) >= 11 is 0. The lowest BCUT2D eigenvalue weighted by molar-refractivity contribution is 0.0691. The third kappa shape index (κ3) is 3.19. The molecule has 98 valence electrons. The van der Waals surface area contributed by atoms with Crippen molar-refractivity contribution in [1.29, 1.82) is 0 Å². The van der Waals surface area contributed by atoms with Crippen LogP contribution < -0.4 is 9.47 Å². The van der Waals surface area contributed by atoms with Crippen molar-refractivity contribution in [2.75, 3.05) is 7.11 Å². The Hall–Kier alpha value is -2.63.